The zero-order valence-electron chi connectivity index (χ0n) is 10.9. The third-order valence-electron chi connectivity index (χ3n) is 3.26. The molecule has 0 radical (unpaired) electrons. The van der Waals surface area contributed by atoms with Crippen LogP contribution < -0.4 is 11.1 Å². The summed E-state index contributed by atoms with van der Waals surface area (Å²) in [6, 6.07) is 7.43. The van der Waals surface area contributed by atoms with Crippen molar-refractivity contribution in [2.45, 2.75) is 25.3 Å². The van der Waals surface area contributed by atoms with Gasteiger partial charge in [0, 0.05) is 12.2 Å². The summed E-state index contributed by atoms with van der Waals surface area (Å²) >= 11 is 4.89. The number of benzene rings is 1. The minimum absolute atomic E-state index is 0.0103. The Morgan fingerprint density at radius 2 is 2.16 bits per heavy atom. The lowest BCUT2D eigenvalue weighted by Crippen LogP contribution is -2.47. The second-order valence-corrected chi connectivity index (χ2v) is 5.59. The summed E-state index contributed by atoms with van der Waals surface area (Å²) in [5, 5.41) is 3.03. The molecule has 0 bridgehead atoms. The highest BCUT2D eigenvalue weighted by Gasteiger charge is 2.30. The van der Waals surface area contributed by atoms with Crippen molar-refractivity contribution in [1.82, 2.24) is 5.32 Å². The zero-order chi connectivity index (χ0) is 13.9. The van der Waals surface area contributed by atoms with Gasteiger partial charge in [0.15, 0.2) is 0 Å². The van der Waals surface area contributed by atoms with Gasteiger partial charge in [-0.25, -0.2) is 0 Å². The molecule has 1 amide bonds. The molecule has 1 aliphatic heterocycles. The quantitative estimate of drug-likeness (QED) is 0.811. The zero-order valence-corrected chi connectivity index (χ0v) is 11.8. The molecule has 1 fully saturated rings. The Hall–Kier alpha value is -1.46. The van der Waals surface area contributed by atoms with Crippen LogP contribution in [0, 0.1) is 0 Å². The summed E-state index contributed by atoms with van der Waals surface area (Å²) in [6.45, 7) is 3.30. The number of rotatable bonds is 4. The van der Waals surface area contributed by atoms with Crippen LogP contribution in [0.25, 0.3) is 0 Å². The summed E-state index contributed by atoms with van der Waals surface area (Å²) in [5.41, 5.74) is 7.06. The van der Waals surface area contributed by atoms with Gasteiger partial charge in [0.05, 0.1) is 18.6 Å². The van der Waals surface area contributed by atoms with E-state index >= 15 is 0 Å². The van der Waals surface area contributed by atoms with Gasteiger partial charge in [-0.2, -0.15) is 0 Å². The Balaban J connectivity index is 1.93. The van der Waals surface area contributed by atoms with E-state index in [4.69, 9.17) is 22.7 Å². The van der Waals surface area contributed by atoms with Crippen LogP contribution in [0.1, 0.15) is 24.5 Å². The summed E-state index contributed by atoms with van der Waals surface area (Å²) in [5.74, 6) is 0.0103. The number of amides is 1. The number of hydrogen-bond acceptors (Lipinski definition) is 3. The third kappa shape index (κ3) is 3.75. The summed E-state index contributed by atoms with van der Waals surface area (Å²) in [6.07, 6.45) is 1.21. The van der Waals surface area contributed by atoms with E-state index in [0.29, 0.717) is 24.6 Å². The number of nitrogens with one attached hydrogen (secondary N) is 1. The molecule has 5 heteroatoms. The van der Waals surface area contributed by atoms with Gasteiger partial charge in [0.2, 0.25) is 5.91 Å². The van der Waals surface area contributed by atoms with E-state index in [2.05, 4.69) is 5.32 Å². The van der Waals surface area contributed by atoms with Gasteiger partial charge in [-0.1, -0.05) is 36.5 Å². The molecule has 1 unspecified atom stereocenters. The first-order chi connectivity index (χ1) is 8.98. The highest BCUT2D eigenvalue weighted by molar-refractivity contribution is 7.80. The SMILES string of the molecule is CC1(NC(=O)Cc2ccc(C(N)=S)cc2)CCOC1. The molecule has 1 heterocycles. The van der Waals surface area contributed by atoms with E-state index < -0.39 is 0 Å². The van der Waals surface area contributed by atoms with Crippen molar-refractivity contribution >= 4 is 23.1 Å². The standard InChI is InChI=1S/C14H18N2O2S/c1-14(6-7-18-9-14)16-12(17)8-10-2-4-11(5-3-10)13(15)19/h2-5H,6-9H2,1H3,(H2,15,19)(H,16,17). The highest BCUT2D eigenvalue weighted by atomic mass is 32.1. The van der Waals surface area contributed by atoms with Gasteiger partial charge < -0.3 is 15.8 Å². The van der Waals surface area contributed by atoms with Crippen LogP contribution in [-0.4, -0.2) is 29.6 Å². The Morgan fingerprint density at radius 3 is 2.68 bits per heavy atom. The van der Waals surface area contributed by atoms with Crippen molar-refractivity contribution in [3.05, 3.63) is 35.4 Å². The summed E-state index contributed by atoms with van der Waals surface area (Å²) in [7, 11) is 0. The first kappa shape index (κ1) is 14.0. The van der Waals surface area contributed by atoms with Crippen LogP contribution in [0.5, 0.6) is 0 Å². The summed E-state index contributed by atoms with van der Waals surface area (Å²) < 4.78 is 5.31. The lowest BCUT2D eigenvalue weighted by Gasteiger charge is -2.23. The molecular weight excluding hydrogens is 260 g/mol. The monoisotopic (exact) mass is 278 g/mol. The lowest BCUT2D eigenvalue weighted by atomic mass is 10.0. The largest absolute Gasteiger partial charge is 0.389 e. The van der Waals surface area contributed by atoms with Crippen molar-refractivity contribution in [2.75, 3.05) is 13.2 Å². The average molecular weight is 278 g/mol. The normalized spacial score (nSPS) is 22.2. The van der Waals surface area contributed by atoms with Crippen LogP contribution in [0.4, 0.5) is 0 Å². The Labute approximate surface area is 118 Å². The Kier molecular flexibility index (Phi) is 4.17. The van der Waals surface area contributed by atoms with E-state index in [1.165, 1.54) is 0 Å². The average Bonchev–Trinajstić information content (AvgIpc) is 2.76. The Bertz CT molecular complexity index is 479. The number of ether oxygens (including phenoxy) is 1. The van der Waals surface area contributed by atoms with Crippen LogP contribution in [0.2, 0.25) is 0 Å². The lowest BCUT2D eigenvalue weighted by molar-refractivity contribution is -0.122. The molecular formula is C14H18N2O2S. The fourth-order valence-corrected chi connectivity index (χ4v) is 2.25. The third-order valence-corrected chi connectivity index (χ3v) is 3.50. The fraction of sp³-hybridized carbons (Fsp3) is 0.429. The van der Waals surface area contributed by atoms with Crippen molar-refractivity contribution < 1.29 is 9.53 Å². The number of carbonyl (C=O) groups is 1. The molecule has 0 spiro atoms. The highest BCUT2D eigenvalue weighted by Crippen LogP contribution is 2.17. The molecule has 3 N–H and O–H groups in total. The maximum absolute atomic E-state index is 12.0. The molecule has 1 aliphatic rings. The van der Waals surface area contributed by atoms with Crippen LogP contribution >= 0.6 is 12.2 Å². The Morgan fingerprint density at radius 1 is 1.47 bits per heavy atom. The predicted molar refractivity (Wildman–Crippen MR) is 78.0 cm³/mol. The molecule has 1 saturated heterocycles. The molecule has 0 aliphatic carbocycles. The molecule has 1 aromatic rings. The van der Waals surface area contributed by atoms with E-state index in [1.54, 1.807) is 0 Å². The molecule has 0 saturated carbocycles. The first-order valence-electron chi connectivity index (χ1n) is 6.26. The minimum atomic E-state index is -0.226. The molecule has 0 aromatic heterocycles. The maximum atomic E-state index is 12.0. The molecule has 4 nitrogen and oxygen atoms in total. The molecule has 19 heavy (non-hydrogen) atoms. The second kappa shape index (κ2) is 5.67. The van der Waals surface area contributed by atoms with Crippen LogP contribution in [0.3, 0.4) is 0 Å². The van der Waals surface area contributed by atoms with Gasteiger partial charge in [-0.3, -0.25) is 4.79 Å². The fourth-order valence-electron chi connectivity index (χ4n) is 2.12. The van der Waals surface area contributed by atoms with Gasteiger partial charge in [0.1, 0.15) is 4.99 Å². The van der Waals surface area contributed by atoms with E-state index in [0.717, 1.165) is 17.5 Å². The van der Waals surface area contributed by atoms with E-state index in [-0.39, 0.29) is 11.4 Å². The topological polar surface area (TPSA) is 64.4 Å². The molecule has 102 valence electrons. The predicted octanol–water partition coefficient (Wildman–Crippen LogP) is 1.16. The minimum Gasteiger partial charge on any atom is -0.389 e. The van der Waals surface area contributed by atoms with Crippen molar-refractivity contribution in [1.29, 1.82) is 0 Å². The number of nitrogens with two attached hydrogens (primary N) is 1. The van der Waals surface area contributed by atoms with Crippen molar-refractivity contribution in [3.63, 3.8) is 0 Å². The van der Waals surface area contributed by atoms with Crippen LogP contribution in [-0.2, 0) is 16.0 Å². The van der Waals surface area contributed by atoms with Gasteiger partial charge in [-0.15, -0.1) is 0 Å². The molecule has 1 aromatic carbocycles. The number of thiocarbonyl (C=S) groups is 1. The van der Waals surface area contributed by atoms with Crippen molar-refractivity contribution in [3.8, 4) is 0 Å². The first-order valence-corrected chi connectivity index (χ1v) is 6.67. The van der Waals surface area contributed by atoms with Gasteiger partial charge in [-0.05, 0) is 18.9 Å². The van der Waals surface area contributed by atoms with E-state index in [9.17, 15) is 4.79 Å². The number of hydrogen-bond donors (Lipinski definition) is 2. The second-order valence-electron chi connectivity index (χ2n) is 5.15. The summed E-state index contributed by atoms with van der Waals surface area (Å²) in [4.78, 5) is 12.3. The number of carbonyl (C=O) groups excluding carboxylic acids is 1. The van der Waals surface area contributed by atoms with E-state index in [1.807, 2.05) is 31.2 Å². The molecule has 2 rings (SSSR count). The molecule has 1 atom stereocenters. The van der Waals surface area contributed by atoms with Crippen LogP contribution in [0.15, 0.2) is 24.3 Å². The maximum Gasteiger partial charge on any atom is 0.224 e. The smallest absolute Gasteiger partial charge is 0.224 e. The van der Waals surface area contributed by atoms with Gasteiger partial charge in [0.25, 0.3) is 0 Å². The van der Waals surface area contributed by atoms with Crippen molar-refractivity contribution in [2.24, 2.45) is 5.73 Å². The van der Waals surface area contributed by atoms with Gasteiger partial charge >= 0.3 is 0 Å².